The van der Waals surface area contributed by atoms with E-state index in [-0.39, 0.29) is 11.7 Å². The van der Waals surface area contributed by atoms with Gasteiger partial charge in [0, 0.05) is 31.7 Å². The lowest BCUT2D eigenvalue weighted by Gasteiger charge is -2.30. The van der Waals surface area contributed by atoms with Crippen molar-refractivity contribution in [1.82, 2.24) is 14.1 Å². The maximum Gasteiger partial charge on any atom is 0.276 e. The minimum absolute atomic E-state index is 0.0787. The Kier molecular flexibility index (Phi) is 5.89. The second-order valence-electron chi connectivity index (χ2n) is 8.07. The molecule has 0 unspecified atom stereocenters. The van der Waals surface area contributed by atoms with Crippen molar-refractivity contribution in [1.29, 1.82) is 0 Å². The van der Waals surface area contributed by atoms with Crippen LogP contribution in [0.15, 0.2) is 21.6 Å². The number of aliphatic hydroxyl groups excluding tert-OH is 1. The summed E-state index contributed by atoms with van der Waals surface area (Å²) in [5.74, 6) is 0.722. The number of hydrogen-bond donors (Lipinski definition) is 1. The van der Waals surface area contributed by atoms with Crippen molar-refractivity contribution >= 4 is 10.0 Å². The Hall–Kier alpha value is -0.930. The molecule has 0 saturated carbocycles. The summed E-state index contributed by atoms with van der Waals surface area (Å²) >= 11 is 0. The van der Waals surface area contributed by atoms with E-state index in [0.29, 0.717) is 31.7 Å². The van der Waals surface area contributed by atoms with Gasteiger partial charge in [-0.15, -0.1) is 0 Å². The highest BCUT2D eigenvalue weighted by atomic mass is 32.2. The Labute approximate surface area is 162 Å². The summed E-state index contributed by atoms with van der Waals surface area (Å²) in [6.45, 7) is 5.12. The third kappa shape index (κ3) is 4.10. The number of rotatable bonds is 7. The lowest BCUT2D eigenvalue weighted by molar-refractivity contribution is 0.116. The molecule has 27 heavy (non-hydrogen) atoms. The summed E-state index contributed by atoms with van der Waals surface area (Å²) < 4.78 is 32.6. The topological polar surface area (TPSA) is 77.2 Å². The number of hydrogen-bond acceptors (Lipinski definition) is 6. The molecule has 3 saturated heterocycles. The van der Waals surface area contributed by atoms with Crippen LogP contribution >= 0.6 is 0 Å². The fourth-order valence-electron chi connectivity index (χ4n) is 4.76. The molecule has 2 atom stereocenters. The highest BCUT2D eigenvalue weighted by Gasteiger charge is 2.33. The molecule has 4 heterocycles. The van der Waals surface area contributed by atoms with Gasteiger partial charge in [-0.2, -0.15) is 4.31 Å². The monoisotopic (exact) mass is 397 g/mol. The predicted molar refractivity (Wildman–Crippen MR) is 102 cm³/mol. The Balaban J connectivity index is 1.39. The molecule has 0 amide bonds. The van der Waals surface area contributed by atoms with Gasteiger partial charge in [0.2, 0.25) is 5.09 Å². The first kappa shape index (κ1) is 19.4. The lowest BCUT2D eigenvalue weighted by atomic mass is 10.2. The molecule has 1 aromatic heterocycles. The number of nitrogens with zero attached hydrogens (tertiary/aromatic N) is 3. The molecule has 7 nitrogen and oxygen atoms in total. The average molecular weight is 398 g/mol. The van der Waals surface area contributed by atoms with Gasteiger partial charge in [-0.3, -0.25) is 9.80 Å². The average Bonchev–Trinajstić information content (AvgIpc) is 3.45. The van der Waals surface area contributed by atoms with Crippen LogP contribution in [0.4, 0.5) is 0 Å². The van der Waals surface area contributed by atoms with Gasteiger partial charge in [-0.05, 0) is 63.7 Å². The number of likely N-dealkylation sites (tertiary alicyclic amines) is 2. The van der Waals surface area contributed by atoms with Crippen molar-refractivity contribution in [3.05, 3.63) is 17.9 Å². The SMILES string of the molecule is O=S(=O)(c1ccc(CN2CCC[C@@H]2CN2CCC[C@@H]2CO)o1)N1CCCC1. The Bertz CT molecular complexity index is 729. The Morgan fingerprint density at radius 1 is 0.963 bits per heavy atom. The highest BCUT2D eigenvalue weighted by molar-refractivity contribution is 7.89. The minimum Gasteiger partial charge on any atom is -0.447 e. The van der Waals surface area contributed by atoms with E-state index < -0.39 is 10.0 Å². The summed E-state index contributed by atoms with van der Waals surface area (Å²) in [4.78, 5) is 4.81. The van der Waals surface area contributed by atoms with Crippen molar-refractivity contribution < 1.29 is 17.9 Å². The first-order valence-corrected chi connectivity index (χ1v) is 11.7. The highest BCUT2D eigenvalue weighted by Crippen LogP contribution is 2.27. The second-order valence-corrected chi connectivity index (χ2v) is 9.94. The van der Waals surface area contributed by atoms with Crippen LogP contribution < -0.4 is 0 Å². The zero-order chi connectivity index (χ0) is 18.9. The first-order valence-electron chi connectivity index (χ1n) is 10.3. The van der Waals surface area contributed by atoms with Crippen LogP contribution in [-0.4, -0.2) is 79.0 Å². The van der Waals surface area contributed by atoms with Crippen LogP contribution in [0.2, 0.25) is 0 Å². The van der Waals surface area contributed by atoms with E-state index in [0.717, 1.165) is 63.9 Å². The minimum atomic E-state index is -3.48. The molecular formula is C19H31N3O4S. The Morgan fingerprint density at radius 2 is 1.67 bits per heavy atom. The van der Waals surface area contributed by atoms with E-state index >= 15 is 0 Å². The van der Waals surface area contributed by atoms with E-state index in [1.54, 1.807) is 6.07 Å². The van der Waals surface area contributed by atoms with Crippen LogP contribution in [0.5, 0.6) is 0 Å². The molecule has 0 aliphatic carbocycles. The number of aliphatic hydroxyl groups is 1. The van der Waals surface area contributed by atoms with E-state index in [2.05, 4.69) is 9.80 Å². The van der Waals surface area contributed by atoms with E-state index in [9.17, 15) is 13.5 Å². The van der Waals surface area contributed by atoms with E-state index in [1.807, 2.05) is 6.07 Å². The molecule has 152 valence electrons. The molecule has 3 aliphatic heterocycles. The van der Waals surface area contributed by atoms with Gasteiger partial charge in [-0.25, -0.2) is 8.42 Å². The van der Waals surface area contributed by atoms with Crippen LogP contribution in [0.3, 0.4) is 0 Å². The first-order chi connectivity index (χ1) is 13.1. The molecular weight excluding hydrogens is 366 g/mol. The van der Waals surface area contributed by atoms with Crippen molar-refractivity contribution in [2.24, 2.45) is 0 Å². The number of sulfonamides is 1. The summed E-state index contributed by atoms with van der Waals surface area (Å²) in [7, 11) is -3.48. The predicted octanol–water partition coefficient (Wildman–Crippen LogP) is 1.49. The lowest BCUT2D eigenvalue weighted by Crippen LogP contribution is -2.43. The van der Waals surface area contributed by atoms with Gasteiger partial charge >= 0.3 is 0 Å². The Morgan fingerprint density at radius 3 is 2.41 bits per heavy atom. The van der Waals surface area contributed by atoms with Gasteiger partial charge in [0.25, 0.3) is 10.0 Å². The molecule has 0 bridgehead atoms. The number of furan rings is 1. The fourth-order valence-corrected chi connectivity index (χ4v) is 6.21. The second kappa shape index (κ2) is 8.21. The summed E-state index contributed by atoms with van der Waals surface area (Å²) in [5, 5.41) is 9.63. The molecule has 1 aromatic rings. The summed E-state index contributed by atoms with van der Waals surface area (Å²) in [5.41, 5.74) is 0. The van der Waals surface area contributed by atoms with Gasteiger partial charge < -0.3 is 9.52 Å². The quantitative estimate of drug-likeness (QED) is 0.751. The van der Waals surface area contributed by atoms with Crippen LogP contribution in [0, 0.1) is 0 Å². The zero-order valence-electron chi connectivity index (χ0n) is 15.9. The third-order valence-electron chi connectivity index (χ3n) is 6.31. The fraction of sp³-hybridized carbons (Fsp3) is 0.789. The molecule has 0 aromatic carbocycles. The maximum absolute atomic E-state index is 12.6. The largest absolute Gasteiger partial charge is 0.447 e. The molecule has 3 fully saturated rings. The molecule has 4 rings (SSSR count). The zero-order valence-corrected chi connectivity index (χ0v) is 16.7. The van der Waals surface area contributed by atoms with Gasteiger partial charge in [-0.1, -0.05) is 0 Å². The van der Waals surface area contributed by atoms with E-state index in [4.69, 9.17) is 4.42 Å². The van der Waals surface area contributed by atoms with Gasteiger partial charge in [0.15, 0.2) is 0 Å². The normalized spacial score (nSPS) is 28.5. The molecule has 3 aliphatic rings. The van der Waals surface area contributed by atoms with Crippen LogP contribution in [0.1, 0.15) is 44.3 Å². The van der Waals surface area contributed by atoms with Gasteiger partial charge in [0.05, 0.1) is 13.2 Å². The van der Waals surface area contributed by atoms with Crippen molar-refractivity contribution in [2.75, 3.05) is 39.3 Å². The van der Waals surface area contributed by atoms with Crippen molar-refractivity contribution in [3.8, 4) is 0 Å². The van der Waals surface area contributed by atoms with Crippen molar-refractivity contribution in [3.63, 3.8) is 0 Å². The summed E-state index contributed by atoms with van der Waals surface area (Å²) in [6, 6.07) is 4.16. The molecule has 8 heteroatoms. The van der Waals surface area contributed by atoms with Crippen LogP contribution in [0.25, 0.3) is 0 Å². The van der Waals surface area contributed by atoms with Gasteiger partial charge in [0.1, 0.15) is 5.76 Å². The summed E-state index contributed by atoms with van der Waals surface area (Å²) in [6.07, 6.45) is 6.39. The third-order valence-corrected chi connectivity index (χ3v) is 8.08. The standard InChI is InChI=1S/C19H31N3O4S/c23-15-17-6-4-9-20(17)13-16-5-3-10-21(16)14-18-7-8-19(26-18)27(24,25)22-11-1-2-12-22/h7-8,16-17,23H,1-6,9-15H2/t16-,17-/m1/s1. The maximum atomic E-state index is 12.6. The van der Waals surface area contributed by atoms with Crippen LogP contribution in [-0.2, 0) is 16.6 Å². The van der Waals surface area contributed by atoms with Crippen molar-refractivity contribution in [2.45, 2.75) is 62.2 Å². The molecule has 0 spiro atoms. The molecule has 0 radical (unpaired) electrons. The smallest absolute Gasteiger partial charge is 0.276 e. The molecule has 1 N–H and O–H groups in total. The van der Waals surface area contributed by atoms with E-state index in [1.165, 1.54) is 4.31 Å².